The molecule has 0 aliphatic heterocycles. The van der Waals surface area contributed by atoms with Crippen molar-refractivity contribution in [1.29, 1.82) is 0 Å². The number of aromatic nitrogens is 3. The molecule has 0 saturated heterocycles. The Balaban J connectivity index is 1.60. The summed E-state index contributed by atoms with van der Waals surface area (Å²) in [5.74, 6) is -0.995. The number of benzene rings is 2. The van der Waals surface area contributed by atoms with Gasteiger partial charge in [0.2, 0.25) is 0 Å². The molecule has 1 amide bonds. The highest BCUT2D eigenvalue weighted by atomic mass is 16.5. The number of rotatable bonds is 5. The molecule has 2 aromatic carbocycles. The highest BCUT2D eigenvalue weighted by molar-refractivity contribution is 6.06. The summed E-state index contributed by atoms with van der Waals surface area (Å²) in [7, 11) is 1.78. The highest BCUT2D eigenvalue weighted by Gasteiger charge is 2.21. The minimum absolute atomic E-state index is 0.332. The van der Waals surface area contributed by atoms with E-state index in [1.54, 1.807) is 17.8 Å². The van der Waals surface area contributed by atoms with Crippen LogP contribution in [0.25, 0.3) is 22.3 Å². The van der Waals surface area contributed by atoms with Crippen LogP contribution >= 0.6 is 0 Å². The molecule has 162 valence electrons. The second-order valence-electron chi connectivity index (χ2n) is 7.77. The van der Waals surface area contributed by atoms with Crippen molar-refractivity contribution in [2.75, 3.05) is 11.9 Å². The Bertz CT molecular complexity index is 1330. The summed E-state index contributed by atoms with van der Waals surface area (Å²) in [6.45, 7) is 5.28. The molecule has 2 aromatic heterocycles. The number of hydrogen-bond acceptors (Lipinski definition) is 5. The van der Waals surface area contributed by atoms with Crippen molar-refractivity contribution >= 4 is 28.6 Å². The number of esters is 1. The number of ether oxygens (including phenoxy) is 1. The molecular formula is C25H24N4O3. The molecular weight excluding hydrogens is 404 g/mol. The van der Waals surface area contributed by atoms with E-state index < -0.39 is 18.5 Å². The van der Waals surface area contributed by atoms with Gasteiger partial charge in [-0.15, -0.1) is 0 Å². The summed E-state index contributed by atoms with van der Waals surface area (Å²) < 4.78 is 7.02. The molecule has 7 heteroatoms. The molecule has 0 aliphatic carbocycles. The lowest BCUT2D eigenvalue weighted by atomic mass is 10.1. The van der Waals surface area contributed by atoms with Gasteiger partial charge in [-0.2, -0.15) is 5.10 Å². The SMILES string of the molecule is Cc1ccc(C)c(NC(=O)COC(=O)c2cc(-c3ccccc3)nc3c2c(C)nn3C)c1. The quantitative estimate of drug-likeness (QED) is 0.478. The number of anilines is 1. The van der Waals surface area contributed by atoms with E-state index >= 15 is 0 Å². The number of carbonyl (C=O) groups is 2. The third-order valence-electron chi connectivity index (χ3n) is 5.26. The van der Waals surface area contributed by atoms with E-state index in [-0.39, 0.29) is 0 Å². The normalized spacial score (nSPS) is 10.9. The fourth-order valence-corrected chi connectivity index (χ4v) is 3.63. The molecule has 1 N–H and O–H groups in total. The van der Waals surface area contributed by atoms with Crippen molar-refractivity contribution in [1.82, 2.24) is 14.8 Å². The van der Waals surface area contributed by atoms with Crippen LogP contribution in [-0.4, -0.2) is 33.2 Å². The summed E-state index contributed by atoms with van der Waals surface area (Å²) >= 11 is 0. The lowest BCUT2D eigenvalue weighted by Gasteiger charge is -2.11. The second kappa shape index (κ2) is 8.63. The topological polar surface area (TPSA) is 86.1 Å². The van der Waals surface area contributed by atoms with Gasteiger partial charge in [-0.1, -0.05) is 42.5 Å². The van der Waals surface area contributed by atoms with Crippen LogP contribution in [0.3, 0.4) is 0 Å². The molecule has 4 rings (SSSR count). The van der Waals surface area contributed by atoms with Crippen molar-refractivity contribution in [2.45, 2.75) is 20.8 Å². The Morgan fingerprint density at radius 2 is 1.78 bits per heavy atom. The van der Waals surface area contributed by atoms with Gasteiger partial charge in [0.05, 0.1) is 22.3 Å². The molecule has 0 bridgehead atoms. The van der Waals surface area contributed by atoms with Crippen LogP contribution in [-0.2, 0) is 16.6 Å². The molecule has 7 nitrogen and oxygen atoms in total. The predicted octanol–water partition coefficient (Wildman–Crippen LogP) is 4.36. The van der Waals surface area contributed by atoms with Crippen LogP contribution in [0, 0.1) is 20.8 Å². The fraction of sp³-hybridized carbons (Fsp3) is 0.200. The first-order chi connectivity index (χ1) is 15.3. The van der Waals surface area contributed by atoms with Crippen LogP contribution in [0.2, 0.25) is 0 Å². The first kappa shape index (κ1) is 21.2. The maximum atomic E-state index is 13.0. The Morgan fingerprint density at radius 1 is 1.03 bits per heavy atom. The maximum absolute atomic E-state index is 13.0. The molecule has 0 aliphatic rings. The molecule has 0 unspecified atom stereocenters. The smallest absolute Gasteiger partial charge is 0.339 e. The highest BCUT2D eigenvalue weighted by Crippen LogP contribution is 2.27. The molecule has 0 spiro atoms. The van der Waals surface area contributed by atoms with Gasteiger partial charge in [0, 0.05) is 18.3 Å². The first-order valence-electron chi connectivity index (χ1n) is 10.3. The molecule has 0 radical (unpaired) electrons. The van der Waals surface area contributed by atoms with Crippen molar-refractivity contribution < 1.29 is 14.3 Å². The average Bonchev–Trinajstić information content (AvgIpc) is 3.08. The van der Waals surface area contributed by atoms with E-state index in [0.29, 0.717) is 33.7 Å². The van der Waals surface area contributed by atoms with E-state index in [1.165, 1.54) is 0 Å². The van der Waals surface area contributed by atoms with E-state index in [4.69, 9.17) is 9.72 Å². The molecule has 0 fully saturated rings. The second-order valence-corrected chi connectivity index (χ2v) is 7.77. The first-order valence-corrected chi connectivity index (χ1v) is 10.3. The Kier molecular flexibility index (Phi) is 5.73. The van der Waals surface area contributed by atoms with E-state index in [9.17, 15) is 9.59 Å². The van der Waals surface area contributed by atoms with Gasteiger partial charge < -0.3 is 10.1 Å². The lowest BCUT2D eigenvalue weighted by molar-refractivity contribution is -0.119. The van der Waals surface area contributed by atoms with Crippen LogP contribution in [0.4, 0.5) is 5.69 Å². The van der Waals surface area contributed by atoms with Gasteiger partial charge in [0.1, 0.15) is 0 Å². The minimum atomic E-state index is -0.596. The molecule has 0 atom stereocenters. The monoisotopic (exact) mass is 428 g/mol. The van der Waals surface area contributed by atoms with E-state index in [2.05, 4.69) is 10.4 Å². The lowest BCUT2D eigenvalue weighted by Crippen LogP contribution is -2.21. The van der Waals surface area contributed by atoms with Crippen molar-refractivity contribution in [2.24, 2.45) is 7.05 Å². The van der Waals surface area contributed by atoms with Crippen molar-refractivity contribution in [3.05, 3.63) is 77.0 Å². The fourth-order valence-electron chi connectivity index (χ4n) is 3.63. The molecule has 2 heterocycles. The number of hydrogen-bond donors (Lipinski definition) is 1. The zero-order valence-electron chi connectivity index (χ0n) is 18.5. The third kappa shape index (κ3) is 4.23. The van der Waals surface area contributed by atoms with E-state index in [1.807, 2.05) is 69.3 Å². The number of fused-ring (bicyclic) bond motifs is 1. The molecule has 0 saturated carbocycles. The number of nitrogens with one attached hydrogen (secondary N) is 1. The van der Waals surface area contributed by atoms with Crippen molar-refractivity contribution in [3.8, 4) is 11.3 Å². The number of nitrogens with zero attached hydrogens (tertiary/aromatic N) is 3. The number of carbonyl (C=O) groups excluding carboxylic acids is 2. The van der Waals surface area contributed by atoms with Gasteiger partial charge in [-0.05, 0) is 44.0 Å². The zero-order valence-corrected chi connectivity index (χ0v) is 18.5. The van der Waals surface area contributed by atoms with Gasteiger partial charge in [-0.25, -0.2) is 9.78 Å². The summed E-state index contributed by atoms with van der Waals surface area (Å²) in [6.07, 6.45) is 0. The maximum Gasteiger partial charge on any atom is 0.339 e. The van der Waals surface area contributed by atoms with E-state index in [0.717, 1.165) is 16.7 Å². The van der Waals surface area contributed by atoms with Crippen LogP contribution in [0.1, 0.15) is 27.2 Å². The molecule has 32 heavy (non-hydrogen) atoms. The van der Waals surface area contributed by atoms with Gasteiger partial charge in [0.25, 0.3) is 5.91 Å². The largest absolute Gasteiger partial charge is 0.452 e. The summed E-state index contributed by atoms with van der Waals surface area (Å²) in [4.78, 5) is 30.1. The van der Waals surface area contributed by atoms with Crippen LogP contribution in [0.5, 0.6) is 0 Å². The summed E-state index contributed by atoms with van der Waals surface area (Å²) in [5, 5.41) is 7.82. The van der Waals surface area contributed by atoms with Gasteiger partial charge >= 0.3 is 5.97 Å². The number of aryl methyl sites for hydroxylation is 4. The minimum Gasteiger partial charge on any atom is -0.452 e. The van der Waals surface area contributed by atoms with Crippen molar-refractivity contribution in [3.63, 3.8) is 0 Å². The average molecular weight is 428 g/mol. The van der Waals surface area contributed by atoms with Crippen LogP contribution < -0.4 is 5.32 Å². The Labute approximate surface area is 186 Å². The zero-order chi connectivity index (χ0) is 22.8. The predicted molar refractivity (Wildman–Crippen MR) is 124 cm³/mol. The number of amides is 1. The summed E-state index contributed by atoms with van der Waals surface area (Å²) in [6, 6.07) is 17.1. The summed E-state index contributed by atoms with van der Waals surface area (Å²) in [5.41, 5.74) is 5.75. The van der Waals surface area contributed by atoms with Crippen LogP contribution in [0.15, 0.2) is 54.6 Å². The van der Waals surface area contributed by atoms with Gasteiger partial charge in [0.15, 0.2) is 12.3 Å². The third-order valence-corrected chi connectivity index (χ3v) is 5.26. The Morgan fingerprint density at radius 3 is 2.53 bits per heavy atom. The standard InChI is InChI=1S/C25H24N4O3/c1-15-10-11-16(2)20(12-15)26-22(30)14-32-25(31)19-13-21(18-8-6-5-7-9-18)27-24-23(19)17(3)28-29(24)4/h5-13H,14H2,1-4H3,(H,26,30). The van der Waals surface area contributed by atoms with Gasteiger partial charge in [-0.3, -0.25) is 9.48 Å². The Hall–Kier alpha value is -4.00. The number of pyridine rings is 1. The molecule has 4 aromatic rings.